The smallest absolute Gasteiger partial charge is 0.191 e. The summed E-state index contributed by atoms with van der Waals surface area (Å²) in [6.07, 6.45) is 4.43. The van der Waals surface area contributed by atoms with E-state index in [-0.39, 0.29) is 10.5 Å². The first kappa shape index (κ1) is 17.7. The molecule has 1 rings (SSSR count). The summed E-state index contributed by atoms with van der Waals surface area (Å²) >= 11 is 0. The van der Waals surface area contributed by atoms with Gasteiger partial charge in [0.2, 0.25) is 0 Å². The predicted molar refractivity (Wildman–Crippen MR) is 88.0 cm³/mol. The molecule has 0 aliphatic heterocycles. The monoisotopic (exact) mass is 295 g/mol. The number of nitrogens with zero attached hydrogens (tertiary/aromatic N) is 1. The molecule has 2 nitrogen and oxygen atoms in total. The van der Waals surface area contributed by atoms with E-state index in [4.69, 9.17) is 9.69 Å². The van der Waals surface area contributed by atoms with E-state index in [0.717, 1.165) is 6.61 Å². The van der Waals surface area contributed by atoms with E-state index in [9.17, 15) is 0 Å². The summed E-state index contributed by atoms with van der Waals surface area (Å²) in [5.74, 6) is 1.05. The molecule has 0 bridgehead atoms. The third-order valence-electron chi connectivity index (χ3n) is 5.74. The minimum atomic E-state index is -1.67. The van der Waals surface area contributed by atoms with E-state index in [1.165, 1.54) is 19.3 Å². The van der Waals surface area contributed by atoms with Crippen molar-refractivity contribution < 1.29 is 4.43 Å². The summed E-state index contributed by atoms with van der Waals surface area (Å²) in [4.78, 5) is 0. The average Bonchev–Trinajstić information content (AvgIpc) is 2.28. The minimum Gasteiger partial charge on any atom is -0.417 e. The highest BCUT2D eigenvalue weighted by molar-refractivity contribution is 6.74. The Morgan fingerprint density at radius 1 is 1.30 bits per heavy atom. The van der Waals surface area contributed by atoms with Gasteiger partial charge in [-0.05, 0) is 48.2 Å². The van der Waals surface area contributed by atoms with Gasteiger partial charge < -0.3 is 4.43 Å². The third kappa shape index (κ3) is 4.08. The largest absolute Gasteiger partial charge is 0.417 e. The van der Waals surface area contributed by atoms with E-state index >= 15 is 0 Å². The fraction of sp³-hybridized carbons (Fsp3) is 0.941. The van der Waals surface area contributed by atoms with Gasteiger partial charge in [0.15, 0.2) is 8.32 Å². The van der Waals surface area contributed by atoms with Crippen molar-refractivity contribution in [3.8, 4) is 6.07 Å². The molecule has 0 N–H and O–H groups in total. The van der Waals surface area contributed by atoms with Gasteiger partial charge in [-0.1, -0.05) is 41.0 Å². The molecular weight excluding hydrogens is 262 g/mol. The van der Waals surface area contributed by atoms with Gasteiger partial charge in [-0.2, -0.15) is 5.26 Å². The van der Waals surface area contributed by atoms with Crippen LogP contribution in [0.15, 0.2) is 0 Å². The Morgan fingerprint density at radius 2 is 1.90 bits per heavy atom. The molecule has 0 aromatic heterocycles. The Bertz CT molecular complexity index is 362. The van der Waals surface area contributed by atoms with Gasteiger partial charge >= 0.3 is 0 Å². The normalized spacial score (nSPS) is 27.1. The molecule has 0 saturated heterocycles. The predicted octanol–water partition coefficient (Wildman–Crippen LogP) is 5.36. The van der Waals surface area contributed by atoms with Gasteiger partial charge in [0.1, 0.15) is 0 Å². The first-order chi connectivity index (χ1) is 9.01. The molecule has 0 heterocycles. The molecule has 1 fully saturated rings. The highest BCUT2D eigenvalue weighted by atomic mass is 28.4. The Kier molecular flexibility index (Phi) is 5.49. The second kappa shape index (κ2) is 6.20. The molecule has 0 unspecified atom stereocenters. The first-order valence-corrected chi connectivity index (χ1v) is 10.9. The van der Waals surface area contributed by atoms with Crippen molar-refractivity contribution in [1.29, 1.82) is 5.26 Å². The zero-order chi connectivity index (χ0) is 15.6. The van der Waals surface area contributed by atoms with Crippen LogP contribution in [0.2, 0.25) is 18.1 Å². The first-order valence-electron chi connectivity index (χ1n) is 8.02. The molecule has 0 radical (unpaired) electrons. The lowest BCUT2D eigenvalue weighted by atomic mass is 9.63. The molecule has 0 amide bonds. The lowest BCUT2D eigenvalue weighted by Gasteiger charge is -2.45. The van der Waals surface area contributed by atoms with E-state index in [1.54, 1.807) is 0 Å². The second-order valence-corrected chi connectivity index (χ2v) is 13.5. The van der Waals surface area contributed by atoms with Gasteiger partial charge in [0, 0.05) is 13.0 Å². The zero-order valence-corrected chi connectivity index (χ0v) is 15.5. The summed E-state index contributed by atoms with van der Waals surface area (Å²) in [5.41, 5.74) is 0.287. The van der Waals surface area contributed by atoms with Gasteiger partial charge in [0.05, 0.1) is 6.07 Å². The van der Waals surface area contributed by atoms with Crippen LogP contribution in [0.4, 0.5) is 0 Å². The van der Waals surface area contributed by atoms with Gasteiger partial charge in [0.25, 0.3) is 0 Å². The van der Waals surface area contributed by atoms with Gasteiger partial charge in [-0.15, -0.1) is 0 Å². The van der Waals surface area contributed by atoms with Crippen molar-refractivity contribution in [3.63, 3.8) is 0 Å². The lowest BCUT2D eigenvalue weighted by molar-refractivity contribution is 0.0436. The fourth-order valence-electron chi connectivity index (χ4n) is 3.12. The molecule has 3 heteroatoms. The summed E-state index contributed by atoms with van der Waals surface area (Å²) in [5, 5.41) is 9.41. The maximum Gasteiger partial charge on any atom is 0.191 e. The Morgan fingerprint density at radius 3 is 2.40 bits per heavy atom. The van der Waals surface area contributed by atoms with Crippen molar-refractivity contribution in [3.05, 3.63) is 0 Å². The molecular formula is C17H33NOSi. The molecule has 0 aromatic carbocycles. The number of hydrogen-bond donors (Lipinski definition) is 0. The van der Waals surface area contributed by atoms with Crippen LogP contribution in [0.5, 0.6) is 0 Å². The molecule has 2 atom stereocenters. The second-order valence-electron chi connectivity index (χ2n) is 8.68. The topological polar surface area (TPSA) is 33.0 Å². The molecule has 116 valence electrons. The standard InChI is InChI=1S/C17H33NOSi/c1-16(2,3)20(6,7)19-13-14-9-8-11-17(4,5)15(14)10-12-18/h14-15H,8-11,13H2,1-7H3/t14-,15-/m1/s1. The molecule has 20 heavy (non-hydrogen) atoms. The fourth-order valence-corrected chi connectivity index (χ4v) is 4.18. The summed E-state index contributed by atoms with van der Waals surface area (Å²) in [7, 11) is -1.67. The SMILES string of the molecule is CC1(C)CCC[C@H](CO[Si](C)(C)C(C)(C)C)[C@H]1CC#N. The lowest BCUT2D eigenvalue weighted by Crippen LogP contribution is -2.44. The van der Waals surface area contributed by atoms with Gasteiger partial charge in [-0.3, -0.25) is 0 Å². The highest BCUT2D eigenvalue weighted by Gasteiger charge is 2.42. The van der Waals surface area contributed by atoms with Crippen molar-refractivity contribution in [1.82, 2.24) is 0 Å². The summed E-state index contributed by atoms with van der Waals surface area (Å²) < 4.78 is 6.43. The maximum absolute atomic E-state index is 9.14. The molecule has 0 aromatic rings. The van der Waals surface area contributed by atoms with Crippen LogP contribution < -0.4 is 0 Å². The van der Waals surface area contributed by atoms with E-state index in [0.29, 0.717) is 18.3 Å². The van der Waals surface area contributed by atoms with Crippen LogP contribution in [0.25, 0.3) is 0 Å². The number of nitriles is 1. The summed E-state index contributed by atoms with van der Waals surface area (Å²) in [6, 6.07) is 2.41. The molecule has 1 aliphatic carbocycles. The molecule has 1 aliphatic rings. The van der Waals surface area contributed by atoms with Gasteiger partial charge in [-0.25, -0.2) is 0 Å². The third-order valence-corrected chi connectivity index (χ3v) is 10.2. The quantitative estimate of drug-likeness (QED) is 0.654. The molecule has 0 spiro atoms. The Hall–Kier alpha value is -0.333. The van der Waals surface area contributed by atoms with Crippen molar-refractivity contribution in [2.45, 2.75) is 78.4 Å². The van der Waals surface area contributed by atoms with Crippen LogP contribution in [0.1, 0.15) is 60.3 Å². The Balaban J connectivity index is 2.73. The summed E-state index contributed by atoms with van der Waals surface area (Å²) in [6.45, 7) is 17.0. The van der Waals surface area contributed by atoms with Crippen LogP contribution in [-0.4, -0.2) is 14.9 Å². The van der Waals surface area contributed by atoms with Crippen molar-refractivity contribution in [2.75, 3.05) is 6.61 Å². The van der Waals surface area contributed by atoms with Crippen LogP contribution in [0.3, 0.4) is 0 Å². The van der Waals surface area contributed by atoms with Crippen molar-refractivity contribution >= 4 is 8.32 Å². The van der Waals surface area contributed by atoms with E-state index in [1.807, 2.05) is 0 Å². The minimum absolute atomic E-state index is 0.266. The van der Waals surface area contributed by atoms with Crippen LogP contribution in [0, 0.1) is 28.6 Å². The van der Waals surface area contributed by atoms with Crippen LogP contribution >= 0.6 is 0 Å². The number of rotatable bonds is 4. The maximum atomic E-state index is 9.14. The van der Waals surface area contributed by atoms with Crippen LogP contribution in [-0.2, 0) is 4.43 Å². The van der Waals surface area contributed by atoms with E-state index in [2.05, 4.69) is 53.8 Å². The average molecular weight is 296 g/mol. The zero-order valence-electron chi connectivity index (χ0n) is 14.5. The number of hydrogen-bond acceptors (Lipinski definition) is 2. The molecule has 1 saturated carbocycles. The highest BCUT2D eigenvalue weighted by Crippen LogP contribution is 2.46. The Labute approximate surface area is 127 Å². The van der Waals surface area contributed by atoms with E-state index < -0.39 is 8.32 Å². The van der Waals surface area contributed by atoms with Crippen molar-refractivity contribution in [2.24, 2.45) is 17.3 Å².